The number of nitrogens with zero attached hydrogens (tertiary/aromatic N) is 3. The molecule has 0 amide bonds. The zero-order valence-corrected chi connectivity index (χ0v) is 10.4. The molecule has 3 aromatic rings. The normalized spacial score (nSPS) is 10.9. The summed E-state index contributed by atoms with van der Waals surface area (Å²) >= 11 is 1.41. The van der Waals surface area contributed by atoms with E-state index in [9.17, 15) is 0 Å². The summed E-state index contributed by atoms with van der Waals surface area (Å²) in [6.45, 7) is 1.76. The highest BCUT2D eigenvalue weighted by Crippen LogP contribution is 2.33. The lowest BCUT2D eigenvalue weighted by molar-refractivity contribution is 0.429. The molecule has 0 fully saturated rings. The molecule has 2 N–H and O–H groups in total. The highest BCUT2D eigenvalue weighted by molar-refractivity contribution is 7.99. The molecule has 0 atom stereocenters. The Morgan fingerprint density at radius 2 is 2.11 bits per heavy atom. The number of hydrogen-bond acceptors (Lipinski definition) is 6. The van der Waals surface area contributed by atoms with Crippen LogP contribution in [0.3, 0.4) is 0 Å². The average molecular weight is 258 g/mol. The molecular formula is C12H10N4OS. The van der Waals surface area contributed by atoms with Crippen LogP contribution in [0.1, 0.15) is 5.89 Å². The van der Waals surface area contributed by atoms with Gasteiger partial charge in [-0.2, -0.15) is 0 Å². The minimum Gasteiger partial charge on any atom is -0.416 e. The second-order valence-electron chi connectivity index (χ2n) is 3.74. The van der Waals surface area contributed by atoms with Crippen LogP contribution in [0.5, 0.6) is 0 Å². The van der Waals surface area contributed by atoms with Gasteiger partial charge in [-0.05, 0) is 23.9 Å². The first-order valence-electron chi connectivity index (χ1n) is 5.35. The van der Waals surface area contributed by atoms with Gasteiger partial charge in [-0.25, -0.2) is 0 Å². The van der Waals surface area contributed by atoms with Crippen LogP contribution in [-0.4, -0.2) is 15.2 Å². The highest BCUT2D eigenvalue weighted by Gasteiger charge is 2.09. The van der Waals surface area contributed by atoms with Gasteiger partial charge < -0.3 is 10.2 Å². The maximum atomic E-state index is 5.90. The van der Waals surface area contributed by atoms with Gasteiger partial charge in [-0.3, -0.25) is 4.98 Å². The van der Waals surface area contributed by atoms with E-state index in [1.54, 1.807) is 13.1 Å². The number of aryl methyl sites for hydroxylation is 1. The number of anilines is 1. The summed E-state index contributed by atoms with van der Waals surface area (Å²) in [7, 11) is 0. The van der Waals surface area contributed by atoms with E-state index in [-0.39, 0.29) is 0 Å². The predicted octanol–water partition coefficient (Wildman–Crippen LogP) is 2.66. The van der Waals surface area contributed by atoms with Gasteiger partial charge in [0, 0.05) is 23.4 Å². The Balaban J connectivity index is 2.09. The van der Waals surface area contributed by atoms with Crippen LogP contribution in [0.25, 0.3) is 10.9 Å². The molecule has 0 aliphatic heterocycles. The summed E-state index contributed by atoms with van der Waals surface area (Å²) < 4.78 is 5.36. The lowest BCUT2D eigenvalue weighted by Crippen LogP contribution is -1.90. The number of aromatic nitrogens is 3. The van der Waals surface area contributed by atoms with E-state index in [1.807, 2.05) is 24.3 Å². The molecule has 3 rings (SSSR count). The second-order valence-corrected chi connectivity index (χ2v) is 4.73. The average Bonchev–Trinajstić information content (AvgIpc) is 2.76. The van der Waals surface area contributed by atoms with Gasteiger partial charge in [-0.1, -0.05) is 12.1 Å². The first kappa shape index (κ1) is 11.0. The molecule has 6 heteroatoms. The highest BCUT2D eigenvalue weighted by atomic mass is 32.2. The summed E-state index contributed by atoms with van der Waals surface area (Å²) in [5.74, 6) is 0.551. The molecule has 0 radical (unpaired) electrons. The molecule has 0 saturated carbocycles. The van der Waals surface area contributed by atoms with Crippen molar-refractivity contribution in [2.45, 2.75) is 17.0 Å². The predicted molar refractivity (Wildman–Crippen MR) is 69.3 cm³/mol. The van der Waals surface area contributed by atoms with Crippen LogP contribution in [-0.2, 0) is 0 Å². The van der Waals surface area contributed by atoms with Crippen molar-refractivity contribution < 1.29 is 4.42 Å². The van der Waals surface area contributed by atoms with Gasteiger partial charge in [-0.15, -0.1) is 10.2 Å². The number of benzene rings is 1. The van der Waals surface area contributed by atoms with E-state index in [2.05, 4.69) is 15.2 Å². The summed E-state index contributed by atoms with van der Waals surface area (Å²) in [5, 5.41) is 9.27. The van der Waals surface area contributed by atoms with Crippen molar-refractivity contribution in [3.05, 3.63) is 36.4 Å². The number of pyridine rings is 1. The standard InChI is InChI=1S/C12H10N4OS/c1-7-15-16-12(17-7)18-10-5-6-14-11-8(10)3-2-4-9(11)13/h2-6H,13H2,1H3. The molecule has 90 valence electrons. The van der Waals surface area contributed by atoms with Crippen LogP contribution in [0.2, 0.25) is 0 Å². The minimum absolute atomic E-state index is 0.516. The lowest BCUT2D eigenvalue weighted by atomic mass is 10.2. The van der Waals surface area contributed by atoms with Crippen LogP contribution < -0.4 is 5.73 Å². The molecule has 0 saturated heterocycles. The van der Waals surface area contributed by atoms with Crippen LogP contribution in [0.15, 0.2) is 45.0 Å². The molecule has 1 aromatic carbocycles. The summed E-state index contributed by atoms with van der Waals surface area (Å²) in [6, 6.07) is 7.62. The molecule has 0 unspecified atom stereocenters. The van der Waals surface area contributed by atoms with Crippen molar-refractivity contribution in [3.63, 3.8) is 0 Å². The fourth-order valence-corrected chi connectivity index (χ4v) is 2.51. The van der Waals surface area contributed by atoms with Crippen molar-refractivity contribution in [1.82, 2.24) is 15.2 Å². The Labute approximate surface area is 107 Å². The third-order valence-corrected chi connectivity index (χ3v) is 3.38. The molecule has 0 aliphatic rings. The fourth-order valence-electron chi connectivity index (χ4n) is 1.68. The van der Waals surface area contributed by atoms with Crippen molar-refractivity contribution in [2.75, 3.05) is 5.73 Å². The Bertz CT molecular complexity index is 710. The van der Waals surface area contributed by atoms with Gasteiger partial charge in [0.1, 0.15) is 0 Å². The summed E-state index contributed by atoms with van der Waals surface area (Å²) in [4.78, 5) is 5.28. The first-order chi connectivity index (χ1) is 8.74. The van der Waals surface area contributed by atoms with Gasteiger partial charge in [0.25, 0.3) is 5.22 Å². The first-order valence-corrected chi connectivity index (χ1v) is 6.17. The maximum Gasteiger partial charge on any atom is 0.281 e. The van der Waals surface area contributed by atoms with Crippen LogP contribution in [0, 0.1) is 6.92 Å². The smallest absolute Gasteiger partial charge is 0.281 e. The van der Waals surface area contributed by atoms with Crippen molar-refractivity contribution in [1.29, 1.82) is 0 Å². The van der Waals surface area contributed by atoms with Crippen molar-refractivity contribution >= 4 is 28.4 Å². The number of hydrogen-bond donors (Lipinski definition) is 1. The van der Waals surface area contributed by atoms with Crippen LogP contribution in [0.4, 0.5) is 5.69 Å². The van der Waals surface area contributed by atoms with Crippen LogP contribution >= 0.6 is 11.8 Å². The third kappa shape index (κ3) is 1.91. The quantitative estimate of drug-likeness (QED) is 0.712. The zero-order chi connectivity index (χ0) is 12.5. The molecule has 5 nitrogen and oxygen atoms in total. The number of fused-ring (bicyclic) bond motifs is 1. The number of nitrogens with two attached hydrogens (primary N) is 1. The number of para-hydroxylation sites is 1. The zero-order valence-electron chi connectivity index (χ0n) is 9.62. The molecule has 0 spiro atoms. The van der Waals surface area contributed by atoms with E-state index in [0.717, 1.165) is 15.8 Å². The van der Waals surface area contributed by atoms with Gasteiger partial charge in [0.05, 0.1) is 11.2 Å². The molecule has 2 aromatic heterocycles. The Kier molecular flexibility index (Phi) is 2.64. The number of rotatable bonds is 2. The fraction of sp³-hybridized carbons (Fsp3) is 0.0833. The topological polar surface area (TPSA) is 77.8 Å². The van der Waals surface area contributed by atoms with Gasteiger partial charge in [0.15, 0.2) is 0 Å². The maximum absolute atomic E-state index is 5.90. The third-order valence-electron chi connectivity index (χ3n) is 2.47. The van der Waals surface area contributed by atoms with E-state index < -0.39 is 0 Å². The van der Waals surface area contributed by atoms with Gasteiger partial charge >= 0.3 is 0 Å². The van der Waals surface area contributed by atoms with Gasteiger partial charge in [0.2, 0.25) is 5.89 Å². The Hall–Kier alpha value is -2.08. The Morgan fingerprint density at radius 3 is 2.89 bits per heavy atom. The molecular weight excluding hydrogens is 248 g/mol. The summed E-state index contributed by atoms with van der Waals surface area (Å²) in [6.07, 6.45) is 1.73. The van der Waals surface area contributed by atoms with E-state index in [4.69, 9.17) is 10.2 Å². The number of nitrogen functional groups attached to an aromatic ring is 1. The second kappa shape index (κ2) is 4.30. The van der Waals surface area contributed by atoms with Crippen molar-refractivity contribution in [2.24, 2.45) is 0 Å². The SMILES string of the molecule is Cc1nnc(Sc2ccnc3c(N)cccc23)o1. The molecule has 0 aliphatic carbocycles. The summed E-state index contributed by atoms with van der Waals surface area (Å²) in [5.41, 5.74) is 7.35. The van der Waals surface area contributed by atoms with E-state index in [1.165, 1.54) is 11.8 Å². The molecule has 2 heterocycles. The van der Waals surface area contributed by atoms with Crippen molar-refractivity contribution in [3.8, 4) is 0 Å². The largest absolute Gasteiger partial charge is 0.416 e. The van der Waals surface area contributed by atoms with E-state index in [0.29, 0.717) is 16.8 Å². The monoisotopic (exact) mass is 258 g/mol. The molecule has 0 bridgehead atoms. The van der Waals surface area contributed by atoms with E-state index >= 15 is 0 Å². The Morgan fingerprint density at radius 1 is 1.22 bits per heavy atom. The molecule has 18 heavy (non-hydrogen) atoms. The minimum atomic E-state index is 0.516. The lowest BCUT2D eigenvalue weighted by Gasteiger charge is -2.04.